The van der Waals surface area contributed by atoms with Gasteiger partial charge in [0.1, 0.15) is 0 Å². The Labute approximate surface area is 152 Å². The summed E-state index contributed by atoms with van der Waals surface area (Å²) in [6, 6.07) is 9.34. The van der Waals surface area contributed by atoms with Gasteiger partial charge in [0, 0.05) is 56.4 Å². The number of hydrogen-bond acceptors (Lipinski definition) is 2. The smallest absolute Gasteiger partial charge is 0.0481 e. The van der Waals surface area contributed by atoms with Gasteiger partial charge in [-0.3, -0.25) is 4.90 Å². The Kier molecular flexibility index (Phi) is 7.88. The molecule has 0 aliphatic carbocycles. The molecule has 0 amide bonds. The number of aromatic nitrogens is 1. The largest absolute Gasteiger partial charge is 0.350 e. The third kappa shape index (κ3) is 4.03. The Bertz CT molecular complexity index is 605. The molecule has 0 spiro atoms. The number of nitrogens with one attached hydrogen (secondary N) is 1. The number of piperazine rings is 1. The SMILES string of the molecule is CCC(C)[C@H](c1cn(C)c2ccccc12)N1CCNCC1.Cl.Cl. The number of benzene rings is 1. The van der Waals surface area contributed by atoms with Crippen LogP contribution in [0, 0.1) is 5.92 Å². The van der Waals surface area contributed by atoms with Gasteiger partial charge in [0.2, 0.25) is 0 Å². The van der Waals surface area contributed by atoms with Crippen molar-refractivity contribution in [3.63, 3.8) is 0 Å². The molecule has 1 aromatic carbocycles. The summed E-state index contributed by atoms with van der Waals surface area (Å²) in [7, 11) is 2.16. The highest BCUT2D eigenvalue weighted by molar-refractivity contribution is 5.86. The van der Waals surface area contributed by atoms with Crippen LogP contribution < -0.4 is 5.32 Å². The molecule has 2 heterocycles. The molecule has 1 unspecified atom stereocenters. The van der Waals surface area contributed by atoms with Gasteiger partial charge < -0.3 is 9.88 Å². The first-order chi connectivity index (χ1) is 10.2. The molecule has 0 bridgehead atoms. The topological polar surface area (TPSA) is 20.2 Å². The van der Waals surface area contributed by atoms with Crippen LogP contribution in [0.15, 0.2) is 30.5 Å². The number of nitrogens with zero attached hydrogens (tertiary/aromatic N) is 2. The van der Waals surface area contributed by atoms with Crippen molar-refractivity contribution in [2.24, 2.45) is 13.0 Å². The fourth-order valence-corrected chi connectivity index (χ4v) is 3.66. The van der Waals surface area contributed by atoms with Crippen LogP contribution in [0.25, 0.3) is 10.9 Å². The van der Waals surface area contributed by atoms with Gasteiger partial charge in [-0.2, -0.15) is 0 Å². The van der Waals surface area contributed by atoms with E-state index in [-0.39, 0.29) is 24.8 Å². The summed E-state index contributed by atoms with van der Waals surface area (Å²) >= 11 is 0. The van der Waals surface area contributed by atoms with E-state index in [4.69, 9.17) is 0 Å². The van der Waals surface area contributed by atoms with Gasteiger partial charge in [0.25, 0.3) is 0 Å². The zero-order chi connectivity index (χ0) is 14.8. The van der Waals surface area contributed by atoms with E-state index in [1.165, 1.54) is 22.9 Å². The van der Waals surface area contributed by atoms with Crippen molar-refractivity contribution in [3.8, 4) is 0 Å². The second-order valence-electron chi connectivity index (χ2n) is 6.33. The molecule has 2 atom stereocenters. The van der Waals surface area contributed by atoms with E-state index in [2.05, 4.69) is 66.1 Å². The molecule has 3 rings (SSSR count). The Balaban J connectivity index is 0.00000132. The molecule has 1 N–H and O–H groups in total. The van der Waals surface area contributed by atoms with E-state index in [1.54, 1.807) is 0 Å². The van der Waals surface area contributed by atoms with Gasteiger partial charge in [-0.05, 0) is 17.5 Å². The number of rotatable bonds is 4. The normalized spacial score (nSPS) is 18.0. The fourth-order valence-electron chi connectivity index (χ4n) is 3.66. The van der Waals surface area contributed by atoms with Crippen LogP contribution in [-0.4, -0.2) is 35.6 Å². The summed E-state index contributed by atoms with van der Waals surface area (Å²) in [5.74, 6) is 0.675. The summed E-state index contributed by atoms with van der Waals surface area (Å²) < 4.78 is 2.28. The lowest BCUT2D eigenvalue weighted by molar-refractivity contribution is 0.129. The van der Waals surface area contributed by atoms with Crippen LogP contribution in [0.2, 0.25) is 0 Å². The van der Waals surface area contributed by atoms with Gasteiger partial charge in [0.15, 0.2) is 0 Å². The molecule has 3 nitrogen and oxygen atoms in total. The molecule has 5 heteroatoms. The summed E-state index contributed by atoms with van der Waals surface area (Å²) in [5.41, 5.74) is 2.85. The highest BCUT2D eigenvalue weighted by atomic mass is 35.5. The molecule has 1 aliphatic heterocycles. The molecule has 1 saturated heterocycles. The van der Waals surface area contributed by atoms with Crippen molar-refractivity contribution in [1.29, 1.82) is 0 Å². The minimum Gasteiger partial charge on any atom is -0.350 e. The van der Waals surface area contributed by atoms with E-state index in [0.717, 1.165) is 26.2 Å². The van der Waals surface area contributed by atoms with E-state index < -0.39 is 0 Å². The summed E-state index contributed by atoms with van der Waals surface area (Å²) in [5, 5.41) is 4.89. The molecule has 1 aromatic heterocycles. The Morgan fingerprint density at radius 2 is 1.78 bits per heavy atom. The Hall–Kier alpha value is -0.740. The van der Waals surface area contributed by atoms with Gasteiger partial charge in [0.05, 0.1) is 0 Å². The monoisotopic (exact) mass is 357 g/mol. The minimum atomic E-state index is 0. The van der Waals surface area contributed by atoms with Crippen molar-refractivity contribution in [2.75, 3.05) is 26.2 Å². The average molecular weight is 358 g/mol. The lowest BCUT2D eigenvalue weighted by Gasteiger charge is -2.38. The maximum absolute atomic E-state index is 3.47. The first kappa shape index (κ1) is 20.3. The number of para-hydroxylation sites is 1. The van der Waals surface area contributed by atoms with Gasteiger partial charge in [-0.15, -0.1) is 24.8 Å². The predicted octanol–water partition coefficient (Wildman–Crippen LogP) is 4.01. The third-order valence-corrected chi connectivity index (χ3v) is 4.97. The summed E-state index contributed by atoms with van der Waals surface area (Å²) in [6.07, 6.45) is 3.57. The first-order valence-corrected chi connectivity index (χ1v) is 8.21. The van der Waals surface area contributed by atoms with Crippen molar-refractivity contribution in [3.05, 3.63) is 36.0 Å². The molecule has 1 aliphatic rings. The van der Waals surface area contributed by atoms with Crippen LogP contribution in [0.4, 0.5) is 0 Å². The van der Waals surface area contributed by atoms with Crippen molar-refractivity contribution in [2.45, 2.75) is 26.3 Å². The number of fused-ring (bicyclic) bond motifs is 1. The van der Waals surface area contributed by atoms with E-state index in [0.29, 0.717) is 12.0 Å². The standard InChI is InChI=1S/C18H27N3.2ClH/c1-4-14(2)18(21-11-9-19-10-12-21)16-13-20(3)17-8-6-5-7-15(16)17;;/h5-8,13-14,18-19H,4,9-12H2,1-3H3;2*1H/t14?,18-;;/m1../s1. The lowest BCUT2D eigenvalue weighted by atomic mass is 9.90. The van der Waals surface area contributed by atoms with Crippen LogP contribution in [0.1, 0.15) is 31.9 Å². The number of halogens is 2. The average Bonchev–Trinajstić information content (AvgIpc) is 2.86. The van der Waals surface area contributed by atoms with Crippen LogP contribution in [0.3, 0.4) is 0 Å². The van der Waals surface area contributed by atoms with Crippen molar-refractivity contribution >= 4 is 35.7 Å². The maximum atomic E-state index is 3.47. The number of hydrogen-bond donors (Lipinski definition) is 1. The lowest BCUT2D eigenvalue weighted by Crippen LogP contribution is -2.46. The van der Waals surface area contributed by atoms with Gasteiger partial charge in [-0.1, -0.05) is 38.5 Å². The van der Waals surface area contributed by atoms with Crippen LogP contribution >= 0.6 is 24.8 Å². The zero-order valence-electron chi connectivity index (χ0n) is 14.3. The molecule has 1 fully saturated rings. The van der Waals surface area contributed by atoms with Crippen LogP contribution in [0.5, 0.6) is 0 Å². The third-order valence-electron chi connectivity index (χ3n) is 4.97. The van der Waals surface area contributed by atoms with Crippen LogP contribution in [-0.2, 0) is 7.05 Å². The molecule has 23 heavy (non-hydrogen) atoms. The summed E-state index contributed by atoms with van der Waals surface area (Å²) in [4.78, 5) is 2.67. The second-order valence-corrected chi connectivity index (χ2v) is 6.33. The molecule has 0 saturated carbocycles. The van der Waals surface area contributed by atoms with Crippen molar-refractivity contribution < 1.29 is 0 Å². The highest BCUT2D eigenvalue weighted by Gasteiger charge is 2.28. The van der Waals surface area contributed by atoms with E-state index in [9.17, 15) is 0 Å². The second kappa shape index (κ2) is 8.93. The predicted molar refractivity (Wildman–Crippen MR) is 104 cm³/mol. The quantitative estimate of drug-likeness (QED) is 0.891. The Morgan fingerprint density at radius 1 is 1.13 bits per heavy atom. The molecule has 130 valence electrons. The molecular weight excluding hydrogens is 329 g/mol. The Morgan fingerprint density at radius 3 is 2.43 bits per heavy atom. The van der Waals surface area contributed by atoms with Gasteiger partial charge in [-0.25, -0.2) is 0 Å². The van der Waals surface area contributed by atoms with E-state index >= 15 is 0 Å². The fraction of sp³-hybridized carbons (Fsp3) is 0.556. The summed E-state index contributed by atoms with van der Waals surface area (Å²) in [6.45, 7) is 9.23. The molecule has 2 aromatic rings. The minimum absolute atomic E-state index is 0. The van der Waals surface area contributed by atoms with Gasteiger partial charge >= 0.3 is 0 Å². The van der Waals surface area contributed by atoms with Crippen molar-refractivity contribution in [1.82, 2.24) is 14.8 Å². The first-order valence-electron chi connectivity index (χ1n) is 8.21. The molecule has 0 radical (unpaired) electrons. The highest BCUT2D eigenvalue weighted by Crippen LogP contribution is 2.36. The van der Waals surface area contributed by atoms with E-state index in [1.807, 2.05) is 0 Å². The molecular formula is C18H29Cl2N3. The number of aryl methyl sites for hydroxylation is 1. The zero-order valence-corrected chi connectivity index (χ0v) is 15.9. The maximum Gasteiger partial charge on any atom is 0.0481 e.